The molecule has 130 valence electrons. The maximum absolute atomic E-state index is 13.4. The first-order valence-corrected chi connectivity index (χ1v) is 9.46. The Kier molecular flexibility index (Phi) is 4.34. The fraction of sp³-hybridized carbons (Fsp3) is 0.0526. The van der Waals surface area contributed by atoms with Crippen LogP contribution in [-0.4, -0.2) is 15.5 Å². The van der Waals surface area contributed by atoms with Gasteiger partial charge in [-0.3, -0.25) is 10.1 Å². The molecule has 1 N–H and O–H groups in total. The van der Waals surface area contributed by atoms with Gasteiger partial charge in [0.15, 0.2) is 5.13 Å². The molecule has 0 aliphatic heterocycles. The van der Waals surface area contributed by atoms with Crippen LogP contribution in [0.2, 0.25) is 0 Å². The van der Waals surface area contributed by atoms with E-state index in [1.54, 1.807) is 23.7 Å². The number of nitrogens with one attached hydrogen (secondary N) is 1. The number of aryl methyl sites for hydroxylation is 1. The van der Waals surface area contributed by atoms with E-state index in [0.717, 1.165) is 21.1 Å². The van der Waals surface area contributed by atoms with Crippen LogP contribution in [-0.2, 0) is 7.05 Å². The second kappa shape index (κ2) is 6.66. The van der Waals surface area contributed by atoms with Crippen LogP contribution in [0.25, 0.3) is 22.2 Å². The molecule has 4 rings (SSSR count). The number of carbonyl (C=O) groups excluding carboxylic acids is 1. The number of carbonyl (C=O) groups is 1. The standard InChI is InChI=1S/C19H13BrFN3OS/c1-24-16-9-14(21)7-4-12(16)8-17(24)18(25)23-19-22-15(10-26-19)11-2-5-13(20)6-3-11/h2-10H,1H3,(H,22,23,25). The van der Waals surface area contributed by atoms with Gasteiger partial charge in [0.25, 0.3) is 5.91 Å². The number of amides is 1. The fourth-order valence-electron chi connectivity index (χ4n) is 2.77. The zero-order chi connectivity index (χ0) is 18.3. The van der Waals surface area contributed by atoms with E-state index in [9.17, 15) is 9.18 Å². The maximum atomic E-state index is 13.4. The van der Waals surface area contributed by atoms with Crippen molar-refractivity contribution >= 4 is 49.2 Å². The van der Waals surface area contributed by atoms with Crippen molar-refractivity contribution in [1.82, 2.24) is 9.55 Å². The highest BCUT2D eigenvalue weighted by Crippen LogP contribution is 2.27. The second-order valence-electron chi connectivity index (χ2n) is 5.79. The molecule has 0 atom stereocenters. The van der Waals surface area contributed by atoms with Gasteiger partial charge in [-0.25, -0.2) is 9.37 Å². The first-order valence-electron chi connectivity index (χ1n) is 7.79. The van der Waals surface area contributed by atoms with Gasteiger partial charge >= 0.3 is 0 Å². The van der Waals surface area contributed by atoms with Gasteiger partial charge in [-0.2, -0.15) is 0 Å². The molecule has 4 nitrogen and oxygen atoms in total. The summed E-state index contributed by atoms with van der Waals surface area (Å²) in [5.74, 6) is -0.606. The Morgan fingerprint density at radius 1 is 1.19 bits per heavy atom. The van der Waals surface area contributed by atoms with E-state index < -0.39 is 0 Å². The van der Waals surface area contributed by atoms with Crippen molar-refractivity contribution in [2.75, 3.05) is 5.32 Å². The number of halogens is 2. The summed E-state index contributed by atoms with van der Waals surface area (Å²) in [5.41, 5.74) is 2.90. The Bertz CT molecular complexity index is 1120. The van der Waals surface area contributed by atoms with Crippen LogP contribution < -0.4 is 5.32 Å². The Hall–Kier alpha value is -2.51. The van der Waals surface area contributed by atoms with E-state index in [1.165, 1.54) is 23.5 Å². The van der Waals surface area contributed by atoms with Gasteiger partial charge in [0, 0.05) is 27.9 Å². The number of rotatable bonds is 3. The minimum absolute atomic E-state index is 0.277. The lowest BCUT2D eigenvalue weighted by Gasteiger charge is -2.04. The first kappa shape index (κ1) is 16.9. The third-order valence-corrected chi connectivity index (χ3v) is 5.39. The van der Waals surface area contributed by atoms with Gasteiger partial charge in [0.1, 0.15) is 11.5 Å². The van der Waals surface area contributed by atoms with Crippen LogP contribution in [0.5, 0.6) is 0 Å². The summed E-state index contributed by atoms with van der Waals surface area (Å²) >= 11 is 4.77. The molecular formula is C19H13BrFN3OS. The van der Waals surface area contributed by atoms with Crippen LogP contribution in [0.3, 0.4) is 0 Å². The van der Waals surface area contributed by atoms with E-state index in [2.05, 4.69) is 26.2 Å². The minimum Gasteiger partial charge on any atom is -0.340 e. The van der Waals surface area contributed by atoms with Crippen LogP contribution in [0.1, 0.15) is 10.5 Å². The van der Waals surface area contributed by atoms with Crippen LogP contribution in [0.15, 0.2) is 58.4 Å². The monoisotopic (exact) mass is 429 g/mol. The van der Waals surface area contributed by atoms with Crippen molar-refractivity contribution in [2.24, 2.45) is 7.05 Å². The van der Waals surface area contributed by atoms with Crippen molar-refractivity contribution in [1.29, 1.82) is 0 Å². The molecule has 1 amide bonds. The summed E-state index contributed by atoms with van der Waals surface area (Å²) in [5, 5.41) is 6.05. The number of hydrogen-bond donors (Lipinski definition) is 1. The number of benzene rings is 2. The van der Waals surface area contributed by atoms with E-state index in [-0.39, 0.29) is 11.7 Å². The molecule has 2 heterocycles. The maximum Gasteiger partial charge on any atom is 0.274 e. The second-order valence-corrected chi connectivity index (χ2v) is 7.56. The van der Waals surface area contributed by atoms with E-state index in [4.69, 9.17) is 0 Å². The number of aromatic nitrogens is 2. The highest BCUT2D eigenvalue weighted by Gasteiger charge is 2.15. The number of hydrogen-bond acceptors (Lipinski definition) is 3. The zero-order valence-corrected chi connectivity index (χ0v) is 16.1. The molecule has 0 aliphatic rings. The van der Waals surface area contributed by atoms with Crippen molar-refractivity contribution in [3.8, 4) is 11.3 Å². The highest BCUT2D eigenvalue weighted by atomic mass is 79.9. The topological polar surface area (TPSA) is 46.9 Å². The molecule has 4 aromatic rings. The molecule has 0 bridgehead atoms. The third-order valence-electron chi connectivity index (χ3n) is 4.10. The minimum atomic E-state index is -0.329. The normalized spacial score (nSPS) is 11.0. The molecule has 26 heavy (non-hydrogen) atoms. The van der Waals surface area contributed by atoms with Gasteiger partial charge < -0.3 is 4.57 Å². The predicted octanol–water partition coefficient (Wildman–Crippen LogP) is 5.46. The SMILES string of the molecule is Cn1c(C(=O)Nc2nc(-c3ccc(Br)cc3)cs2)cc2ccc(F)cc21. The summed E-state index contributed by atoms with van der Waals surface area (Å²) in [4.78, 5) is 17.1. The number of anilines is 1. The van der Waals surface area contributed by atoms with Crippen molar-refractivity contribution in [2.45, 2.75) is 0 Å². The summed E-state index contributed by atoms with van der Waals surface area (Å²) < 4.78 is 16.1. The molecule has 7 heteroatoms. The molecule has 0 unspecified atom stereocenters. The number of fused-ring (bicyclic) bond motifs is 1. The molecule has 2 aromatic carbocycles. The predicted molar refractivity (Wildman–Crippen MR) is 106 cm³/mol. The van der Waals surface area contributed by atoms with Gasteiger partial charge in [0.05, 0.1) is 11.2 Å². The molecule has 0 saturated heterocycles. The molecular weight excluding hydrogens is 417 g/mol. The first-order chi connectivity index (χ1) is 12.5. The van der Waals surface area contributed by atoms with Crippen molar-refractivity contribution < 1.29 is 9.18 Å². The zero-order valence-electron chi connectivity index (χ0n) is 13.7. The highest BCUT2D eigenvalue weighted by molar-refractivity contribution is 9.10. The molecule has 0 saturated carbocycles. The Morgan fingerprint density at radius 2 is 1.96 bits per heavy atom. The smallest absolute Gasteiger partial charge is 0.274 e. The molecule has 0 radical (unpaired) electrons. The van der Waals surface area contributed by atoms with Crippen LogP contribution >= 0.6 is 27.3 Å². The van der Waals surface area contributed by atoms with Crippen LogP contribution in [0.4, 0.5) is 9.52 Å². The van der Waals surface area contributed by atoms with Gasteiger partial charge in [-0.05, 0) is 36.4 Å². The van der Waals surface area contributed by atoms with Gasteiger partial charge in [-0.15, -0.1) is 11.3 Å². The van der Waals surface area contributed by atoms with Gasteiger partial charge in [-0.1, -0.05) is 28.1 Å². The lowest BCUT2D eigenvalue weighted by atomic mass is 10.2. The number of thiazole rings is 1. The molecule has 0 spiro atoms. The fourth-order valence-corrected chi connectivity index (χ4v) is 3.75. The lowest BCUT2D eigenvalue weighted by molar-refractivity contribution is 0.101. The molecule has 2 aromatic heterocycles. The summed E-state index contributed by atoms with van der Waals surface area (Å²) in [6.07, 6.45) is 0. The van der Waals surface area contributed by atoms with E-state index >= 15 is 0 Å². The van der Waals surface area contributed by atoms with Crippen LogP contribution in [0, 0.1) is 5.82 Å². The Morgan fingerprint density at radius 3 is 2.73 bits per heavy atom. The Labute approximate surface area is 161 Å². The average Bonchev–Trinajstić information content (AvgIpc) is 3.21. The third kappa shape index (κ3) is 3.15. The quantitative estimate of drug-likeness (QED) is 0.470. The summed E-state index contributed by atoms with van der Waals surface area (Å²) in [6.45, 7) is 0. The number of nitrogens with zero attached hydrogens (tertiary/aromatic N) is 2. The lowest BCUT2D eigenvalue weighted by Crippen LogP contribution is -2.15. The van der Waals surface area contributed by atoms with Crippen molar-refractivity contribution in [3.05, 3.63) is 69.9 Å². The summed E-state index contributed by atoms with van der Waals surface area (Å²) in [6, 6.07) is 14.0. The molecule has 0 aliphatic carbocycles. The van der Waals surface area contributed by atoms with E-state index in [0.29, 0.717) is 16.3 Å². The largest absolute Gasteiger partial charge is 0.340 e. The van der Waals surface area contributed by atoms with Crippen molar-refractivity contribution in [3.63, 3.8) is 0 Å². The molecule has 0 fully saturated rings. The van der Waals surface area contributed by atoms with Gasteiger partial charge in [0.2, 0.25) is 0 Å². The summed E-state index contributed by atoms with van der Waals surface area (Å²) in [7, 11) is 1.74. The van der Waals surface area contributed by atoms with E-state index in [1.807, 2.05) is 29.6 Å². The average molecular weight is 430 g/mol. The Balaban J connectivity index is 1.59.